The van der Waals surface area contributed by atoms with Crippen LogP contribution < -0.4 is 5.32 Å². The van der Waals surface area contributed by atoms with Crippen molar-refractivity contribution in [3.63, 3.8) is 0 Å². The summed E-state index contributed by atoms with van der Waals surface area (Å²) in [5, 5.41) is 3.53. The first-order valence-corrected chi connectivity index (χ1v) is 7.52. The lowest BCUT2D eigenvalue weighted by Crippen LogP contribution is -2.64. The number of benzene rings is 1. The van der Waals surface area contributed by atoms with Gasteiger partial charge in [0.05, 0.1) is 0 Å². The first-order valence-electron chi connectivity index (χ1n) is 7.52. The van der Waals surface area contributed by atoms with E-state index >= 15 is 0 Å². The van der Waals surface area contributed by atoms with Crippen LogP contribution in [0.5, 0.6) is 0 Å². The minimum absolute atomic E-state index is 0.0469. The van der Waals surface area contributed by atoms with Gasteiger partial charge in [0.1, 0.15) is 11.6 Å². The fourth-order valence-electron chi connectivity index (χ4n) is 3.08. The molecule has 0 aliphatic carbocycles. The van der Waals surface area contributed by atoms with Crippen LogP contribution in [0.1, 0.15) is 40.2 Å². The van der Waals surface area contributed by atoms with Crippen molar-refractivity contribution in [3.05, 3.63) is 35.4 Å². The molecule has 1 fully saturated rings. The van der Waals surface area contributed by atoms with Gasteiger partial charge in [0.25, 0.3) is 0 Å². The molecule has 1 heterocycles. The van der Waals surface area contributed by atoms with E-state index in [-0.39, 0.29) is 22.6 Å². The average molecular weight is 296 g/mol. The van der Waals surface area contributed by atoms with E-state index in [9.17, 15) is 8.78 Å². The highest BCUT2D eigenvalue weighted by Crippen LogP contribution is 2.30. The van der Waals surface area contributed by atoms with Gasteiger partial charge >= 0.3 is 0 Å². The van der Waals surface area contributed by atoms with Crippen molar-refractivity contribution in [1.82, 2.24) is 10.2 Å². The van der Waals surface area contributed by atoms with E-state index in [4.69, 9.17) is 0 Å². The molecule has 2 rings (SSSR count). The molecule has 0 aromatic heterocycles. The van der Waals surface area contributed by atoms with Gasteiger partial charge in [-0.2, -0.15) is 0 Å². The maximum atomic E-state index is 13.9. The molecule has 0 spiro atoms. The van der Waals surface area contributed by atoms with Crippen molar-refractivity contribution in [3.8, 4) is 0 Å². The summed E-state index contributed by atoms with van der Waals surface area (Å²) in [7, 11) is 0. The van der Waals surface area contributed by atoms with Crippen LogP contribution in [0.2, 0.25) is 0 Å². The van der Waals surface area contributed by atoms with Crippen LogP contribution >= 0.6 is 0 Å². The Labute approximate surface area is 126 Å². The molecule has 0 bridgehead atoms. The molecule has 1 aromatic carbocycles. The van der Waals surface area contributed by atoms with Gasteiger partial charge in [-0.3, -0.25) is 4.90 Å². The van der Waals surface area contributed by atoms with Crippen LogP contribution in [-0.2, 0) is 6.54 Å². The minimum atomic E-state index is -0.459. The zero-order valence-electron chi connectivity index (χ0n) is 13.6. The molecule has 4 heteroatoms. The quantitative estimate of drug-likeness (QED) is 0.897. The number of nitrogens with one attached hydrogen (secondary N) is 1. The summed E-state index contributed by atoms with van der Waals surface area (Å²) in [5.74, 6) is -0.919. The third-order valence-electron chi connectivity index (χ3n) is 4.24. The molecule has 1 aliphatic heterocycles. The Morgan fingerprint density at radius 2 is 1.81 bits per heavy atom. The van der Waals surface area contributed by atoms with Crippen LogP contribution in [0.25, 0.3) is 0 Å². The first kappa shape index (κ1) is 16.4. The zero-order valence-corrected chi connectivity index (χ0v) is 13.6. The van der Waals surface area contributed by atoms with E-state index in [1.807, 2.05) is 0 Å². The molecule has 1 saturated heterocycles. The second-order valence-corrected chi connectivity index (χ2v) is 7.75. The molecule has 0 saturated carbocycles. The molecule has 21 heavy (non-hydrogen) atoms. The normalized spacial score (nSPS) is 23.3. The van der Waals surface area contributed by atoms with Gasteiger partial charge < -0.3 is 5.32 Å². The molecule has 0 radical (unpaired) electrons. The van der Waals surface area contributed by atoms with Gasteiger partial charge in [-0.25, -0.2) is 8.78 Å². The highest BCUT2D eigenvalue weighted by molar-refractivity contribution is 5.20. The van der Waals surface area contributed by atoms with Gasteiger partial charge in [0.15, 0.2) is 0 Å². The number of piperazine rings is 1. The van der Waals surface area contributed by atoms with E-state index < -0.39 is 11.6 Å². The second kappa shape index (κ2) is 5.65. The Morgan fingerprint density at radius 1 is 1.24 bits per heavy atom. The summed E-state index contributed by atoms with van der Waals surface area (Å²) in [6.45, 7) is 12.7. The lowest BCUT2D eigenvalue weighted by Gasteiger charge is -2.49. The Morgan fingerprint density at radius 3 is 2.33 bits per heavy atom. The predicted molar refractivity (Wildman–Crippen MR) is 82.1 cm³/mol. The van der Waals surface area contributed by atoms with Crippen molar-refractivity contribution in [2.24, 2.45) is 5.41 Å². The highest BCUT2D eigenvalue weighted by atomic mass is 19.1. The molecule has 1 aliphatic rings. The van der Waals surface area contributed by atoms with Gasteiger partial charge in [-0.1, -0.05) is 26.8 Å². The molecular formula is C17H26F2N2. The van der Waals surface area contributed by atoms with E-state index in [0.29, 0.717) is 6.54 Å². The summed E-state index contributed by atoms with van der Waals surface area (Å²) in [4.78, 5) is 2.21. The van der Waals surface area contributed by atoms with Crippen molar-refractivity contribution < 1.29 is 8.78 Å². The predicted octanol–water partition coefficient (Wildman–Crippen LogP) is 3.56. The topological polar surface area (TPSA) is 15.3 Å². The summed E-state index contributed by atoms with van der Waals surface area (Å²) < 4.78 is 27.9. The molecule has 118 valence electrons. The van der Waals surface area contributed by atoms with E-state index in [2.05, 4.69) is 44.8 Å². The zero-order chi connectivity index (χ0) is 15.8. The summed E-state index contributed by atoms with van der Waals surface area (Å²) in [6, 6.07) is 4.32. The van der Waals surface area contributed by atoms with E-state index in [1.165, 1.54) is 18.2 Å². The van der Waals surface area contributed by atoms with Crippen molar-refractivity contribution in [2.75, 3.05) is 13.1 Å². The van der Waals surface area contributed by atoms with Gasteiger partial charge in [0.2, 0.25) is 0 Å². The van der Waals surface area contributed by atoms with Gasteiger partial charge in [-0.05, 0) is 31.4 Å². The number of hydrogen-bond acceptors (Lipinski definition) is 2. The number of hydrogen-bond donors (Lipinski definition) is 1. The lowest BCUT2D eigenvalue weighted by atomic mass is 9.82. The largest absolute Gasteiger partial charge is 0.309 e. The van der Waals surface area contributed by atoms with Crippen LogP contribution in [0.4, 0.5) is 8.78 Å². The Balaban J connectivity index is 2.28. The highest BCUT2D eigenvalue weighted by Gasteiger charge is 2.38. The second-order valence-electron chi connectivity index (χ2n) is 7.75. The Bertz CT molecular complexity index is 486. The molecule has 1 atom stereocenters. The maximum absolute atomic E-state index is 13.9. The fraction of sp³-hybridized carbons (Fsp3) is 0.647. The first-order chi connectivity index (χ1) is 9.60. The van der Waals surface area contributed by atoms with Crippen LogP contribution in [0, 0.1) is 17.0 Å². The molecule has 2 nitrogen and oxygen atoms in total. The summed E-state index contributed by atoms with van der Waals surface area (Å²) in [6.07, 6.45) is 0. The molecular weight excluding hydrogens is 270 g/mol. The number of halogens is 2. The molecule has 1 unspecified atom stereocenters. The SMILES string of the molecule is CC1(C)CN(Cc2c(F)cccc2F)C(C(C)(C)C)CN1. The van der Waals surface area contributed by atoms with Gasteiger partial charge in [0, 0.05) is 36.8 Å². The van der Waals surface area contributed by atoms with Crippen LogP contribution in [0.15, 0.2) is 18.2 Å². The van der Waals surface area contributed by atoms with Crippen LogP contribution in [-0.4, -0.2) is 29.6 Å². The summed E-state index contributed by atoms with van der Waals surface area (Å²) >= 11 is 0. The number of rotatable bonds is 2. The standard InChI is InChI=1S/C17H26F2N2/c1-16(2,3)15-9-20-17(4,5)11-21(15)10-12-13(18)7-6-8-14(12)19/h6-8,15,20H,9-11H2,1-5H3. The smallest absolute Gasteiger partial charge is 0.130 e. The van der Waals surface area contributed by atoms with Crippen LogP contribution in [0.3, 0.4) is 0 Å². The average Bonchev–Trinajstić information content (AvgIpc) is 2.31. The van der Waals surface area contributed by atoms with Crippen molar-refractivity contribution in [1.29, 1.82) is 0 Å². The van der Waals surface area contributed by atoms with E-state index in [1.54, 1.807) is 0 Å². The maximum Gasteiger partial charge on any atom is 0.130 e. The van der Waals surface area contributed by atoms with Crippen molar-refractivity contribution in [2.45, 2.75) is 52.7 Å². The fourth-order valence-corrected chi connectivity index (χ4v) is 3.08. The third kappa shape index (κ3) is 3.80. The molecule has 0 amide bonds. The third-order valence-corrected chi connectivity index (χ3v) is 4.24. The Hall–Kier alpha value is -1.00. The lowest BCUT2D eigenvalue weighted by molar-refractivity contribution is 0.0257. The summed E-state index contributed by atoms with van der Waals surface area (Å²) in [5.41, 5.74) is 0.166. The minimum Gasteiger partial charge on any atom is -0.309 e. The van der Waals surface area contributed by atoms with Crippen molar-refractivity contribution >= 4 is 0 Å². The van der Waals surface area contributed by atoms with Gasteiger partial charge in [-0.15, -0.1) is 0 Å². The monoisotopic (exact) mass is 296 g/mol. The molecule has 1 aromatic rings. The number of nitrogens with zero attached hydrogens (tertiary/aromatic N) is 1. The van der Waals surface area contributed by atoms with E-state index in [0.717, 1.165) is 13.1 Å². The Kier molecular flexibility index (Phi) is 4.41. The molecule has 1 N–H and O–H groups in total.